The zero-order valence-electron chi connectivity index (χ0n) is 29.4. The molecule has 12 heteroatoms. The topological polar surface area (TPSA) is 130 Å². The average molecular weight is 699 g/mol. The SMILES string of the molecule is C=CCC1CN(c2ncnc3cc(OC)c(OC)cc23)CC1Oc1cnc2ccccc2n1.C=CCC1CNCC1Oc1cnc2ccccc2n1. The Balaban J connectivity index is 0.000000187. The molecular formula is C40H42N8O4. The van der Waals surface area contributed by atoms with Crippen LogP contribution in [0.2, 0.25) is 0 Å². The van der Waals surface area contributed by atoms with Gasteiger partial charge in [-0.2, -0.15) is 0 Å². The maximum Gasteiger partial charge on any atom is 0.233 e. The lowest BCUT2D eigenvalue weighted by Gasteiger charge is -2.20. The van der Waals surface area contributed by atoms with Crippen molar-refractivity contribution in [3.63, 3.8) is 0 Å². The van der Waals surface area contributed by atoms with Crippen molar-refractivity contribution in [1.82, 2.24) is 35.2 Å². The van der Waals surface area contributed by atoms with Gasteiger partial charge in [-0.05, 0) is 43.2 Å². The molecule has 0 aliphatic carbocycles. The largest absolute Gasteiger partial charge is 0.493 e. The van der Waals surface area contributed by atoms with Gasteiger partial charge in [0.2, 0.25) is 11.8 Å². The number of hydrogen-bond acceptors (Lipinski definition) is 12. The summed E-state index contributed by atoms with van der Waals surface area (Å²) in [5.74, 6) is 3.94. The van der Waals surface area contributed by atoms with Crippen molar-refractivity contribution in [2.45, 2.75) is 25.0 Å². The molecule has 0 radical (unpaired) electrons. The number of para-hydroxylation sites is 4. The zero-order chi connectivity index (χ0) is 35.9. The highest BCUT2D eigenvalue weighted by Crippen LogP contribution is 2.37. The van der Waals surface area contributed by atoms with E-state index in [1.165, 1.54) is 0 Å². The Morgan fingerprint density at radius 3 is 1.92 bits per heavy atom. The van der Waals surface area contributed by atoms with Gasteiger partial charge in [-0.3, -0.25) is 0 Å². The van der Waals surface area contributed by atoms with Crippen LogP contribution < -0.4 is 29.2 Å². The van der Waals surface area contributed by atoms with Crippen LogP contribution in [-0.2, 0) is 0 Å². The van der Waals surface area contributed by atoms with E-state index < -0.39 is 0 Å². The smallest absolute Gasteiger partial charge is 0.233 e. The Morgan fingerprint density at radius 2 is 1.29 bits per heavy atom. The monoisotopic (exact) mass is 698 g/mol. The van der Waals surface area contributed by atoms with Crippen molar-refractivity contribution < 1.29 is 18.9 Å². The summed E-state index contributed by atoms with van der Waals surface area (Å²) in [5, 5.41) is 4.25. The Hall–Kier alpha value is -5.88. The number of anilines is 1. The van der Waals surface area contributed by atoms with Crippen molar-refractivity contribution in [2.24, 2.45) is 11.8 Å². The Bertz CT molecular complexity index is 2180. The molecule has 5 heterocycles. The first-order valence-corrected chi connectivity index (χ1v) is 17.4. The molecule has 0 amide bonds. The van der Waals surface area contributed by atoms with Crippen molar-refractivity contribution >= 4 is 38.8 Å². The molecule has 52 heavy (non-hydrogen) atoms. The summed E-state index contributed by atoms with van der Waals surface area (Å²) in [5.41, 5.74) is 4.21. The van der Waals surface area contributed by atoms with Crippen LogP contribution in [0, 0.1) is 11.8 Å². The third-order valence-electron chi connectivity index (χ3n) is 9.41. The lowest BCUT2D eigenvalue weighted by molar-refractivity contribution is 0.167. The molecule has 2 fully saturated rings. The summed E-state index contributed by atoms with van der Waals surface area (Å²) in [4.78, 5) is 29.2. The van der Waals surface area contributed by atoms with Gasteiger partial charge in [-0.15, -0.1) is 13.2 Å². The maximum absolute atomic E-state index is 6.34. The van der Waals surface area contributed by atoms with Gasteiger partial charge in [0, 0.05) is 42.9 Å². The van der Waals surface area contributed by atoms with E-state index in [-0.39, 0.29) is 18.1 Å². The number of nitrogens with zero attached hydrogens (tertiary/aromatic N) is 7. The van der Waals surface area contributed by atoms with E-state index in [0.717, 1.165) is 71.3 Å². The van der Waals surface area contributed by atoms with E-state index in [1.54, 1.807) is 32.9 Å². The van der Waals surface area contributed by atoms with Crippen LogP contribution in [0.1, 0.15) is 12.8 Å². The lowest BCUT2D eigenvalue weighted by Crippen LogP contribution is -2.27. The molecule has 3 aromatic heterocycles. The molecule has 4 unspecified atom stereocenters. The molecule has 0 saturated carbocycles. The lowest BCUT2D eigenvalue weighted by atomic mass is 10.0. The third-order valence-corrected chi connectivity index (χ3v) is 9.41. The fraction of sp³-hybridized carbons (Fsp3) is 0.300. The summed E-state index contributed by atoms with van der Waals surface area (Å²) >= 11 is 0. The van der Waals surface area contributed by atoms with E-state index in [1.807, 2.05) is 72.8 Å². The highest BCUT2D eigenvalue weighted by atomic mass is 16.5. The Labute approximate surface area is 302 Å². The second-order valence-electron chi connectivity index (χ2n) is 12.8. The summed E-state index contributed by atoms with van der Waals surface area (Å²) in [7, 11) is 3.24. The predicted octanol–water partition coefficient (Wildman–Crippen LogP) is 6.22. The number of methoxy groups -OCH3 is 2. The second-order valence-corrected chi connectivity index (χ2v) is 12.8. The highest BCUT2D eigenvalue weighted by Gasteiger charge is 2.36. The van der Waals surface area contributed by atoms with E-state index >= 15 is 0 Å². The first-order chi connectivity index (χ1) is 25.6. The van der Waals surface area contributed by atoms with Crippen LogP contribution in [0.5, 0.6) is 23.3 Å². The molecule has 266 valence electrons. The Kier molecular flexibility index (Phi) is 10.6. The van der Waals surface area contributed by atoms with Crippen LogP contribution >= 0.6 is 0 Å². The minimum Gasteiger partial charge on any atom is -0.493 e. The molecule has 2 saturated heterocycles. The molecule has 0 spiro atoms. The summed E-state index contributed by atoms with van der Waals surface area (Å²) in [6.07, 6.45) is 10.7. The fourth-order valence-corrected chi connectivity index (χ4v) is 6.81. The van der Waals surface area contributed by atoms with E-state index in [4.69, 9.17) is 18.9 Å². The highest BCUT2D eigenvalue weighted by molar-refractivity contribution is 5.92. The van der Waals surface area contributed by atoms with Gasteiger partial charge in [0.25, 0.3) is 0 Å². The number of ether oxygens (including phenoxy) is 4. The molecule has 3 aromatic carbocycles. The third kappa shape index (κ3) is 7.57. The summed E-state index contributed by atoms with van der Waals surface area (Å²) in [6.45, 7) is 11.0. The van der Waals surface area contributed by atoms with Crippen molar-refractivity contribution in [1.29, 1.82) is 0 Å². The van der Waals surface area contributed by atoms with Crippen molar-refractivity contribution in [3.8, 4) is 23.3 Å². The van der Waals surface area contributed by atoms with E-state index in [9.17, 15) is 0 Å². The quantitative estimate of drug-likeness (QED) is 0.154. The number of nitrogens with one attached hydrogen (secondary N) is 1. The second kappa shape index (κ2) is 16.0. The molecule has 8 rings (SSSR count). The van der Waals surface area contributed by atoms with Gasteiger partial charge in [0.05, 0.1) is 60.7 Å². The first-order valence-electron chi connectivity index (χ1n) is 17.4. The maximum atomic E-state index is 6.34. The van der Waals surface area contributed by atoms with Crippen LogP contribution in [0.4, 0.5) is 5.82 Å². The molecule has 1 N–H and O–H groups in total. The van der Waals surface area contributed by atoms with Crippen molar-refractivity contribution in [3.05, 3.63) is 105 Å². The predicted molar refractivity (Wildman–Crippen MR) is 202 cm³/mol. The Morgan fingerprint density at radius 1 is 0.692 bits per heavy atom. The molecular weight excluding hydrogens is 656 g/mol. The van der Waals surface area contributed by atoms with Crippen molar-refractivity contribution in [2.75, 3.05) is 45.3 Å². The van der Waals surface area contributed by atoms with Crippen LogP contribution in [0.25, 0.3) is 33.0 Å². The summed E-state index contributed by atoms with van der Waals surface area (Å²) < 4.78 is 23.2. The minimum absolute atomic E-state index is 0.0800. The minimum atomic E-state index is -0.0800. The number of hydrogen-bond donors (Lipinski definition) is 1. The molecule has 2 aliphatic heterocycles. The standard InChI is InChI=1S/C25H25N5O3.C15H17N3O/c1-4-7-16-13-30(14-23(16)33-24-12-26-18-8-5-6-9-19(18)29-24)25-17-10-21(31-2)22(32-3)11-20(17)27-15-28-25;1-2-5-11-8-16-9-14(11)19-15-10-17-12-6-3-4-7-13(12)18-15/h4-6,8-12,15-16,23H,1,7,13-14H2,2-3H3;2-4,6-7,10-11,14,16H,1,5,8-9H2. The normalized spacial score (nSPS) is 19.6. The molecule has 0 bridgehead atoms. The number of benzene rings is 3. The van der Waals surface area contributed by atoms with Gasteiger partial charge in [-0.25, -0.2) is 29.9 Å². The van der Waals surface area contributed by atoms with E-state index in [2.05, 4.69) is 53.3 Å². The number of allylic oxidation sites excluding steroid dienone is 2. The molecule has 12 nitrogen and oxygen atoms in total. The fourth-order valence-electron chi connectivity index (χ4n) is 6.81. The molecule has 2 aliphatic rings. The van der Waals surface area contributed by atoms with Gasteiger partial charge in [0.15, 0.2) is 11.5 Å². The zero-order valence-corrected chi connectivity index (χ0v) is 29.4. The number of aromatic nitrogens is 6. The van der Waals surface area contributed by atoms with Gasteiger partial charge >= 0.3 is 0 Å². The van der Waals surface area contributed by atoms with Gasteiger partial charge < -0.3 is 29.2 Å². The first kappa shape index (κ1) is 34.6. The average Bonchev–Trinajstić information content (AvgIpc) is 3.80. The van der Waals surface area contributed by atoms with Gasteiger partial charge in [0.1, 0.15) is 24.4 Å². The van der Waals surface area contributed by atoms with Crippen LogP contribution in [0.15, 0.2) is 105 Å². The van der Waals surface area contributed by atoms with Gasteiger partial charge in [-0.1, -0.05) is 36.4 Å². The van der Waals surface area contributed by atoms with E-state index in [0.29, 0.717) is 35.7 Å². The summed E-state index contributed by atoms with van der Waals surface area (Å²) in [6, 6.07) is 19.4. The molecule has 6 aromatic rings. The molecule has 4 atom stereocenters. The number of rotatable bonds is 11. The van der Waals surface area contributed by atoms with Crippen LogP contribution in [0.3, 0.4) is 0 Å². The van der Waals surface area contributed by atoms with Crippen LogP contribution in [-0.4, -0.2) is 82.5 Å². The number of fused-ring (bicyclic) bond motifs is 3.